The molecule has 0 aliphatic rings. The molecule has 0 bridgehead atoms. The van der Waals surface area contributed by atoms with E-state index < -0.39 is 6.10 Å². The summed E-state index contributed by atoms with van der Waals surface area (Å²) >= 11 is 12.6. The highest BCUT2D eigenvalue weighted by Gasteiger charge is 2.14. The normalized spacial score (nSPS) is 12.5. The molecule has 2 aromatic carbocycles. The van der Waals surface area contributed by atoms with Crippen LogP contribution in [-0.4, -0.2) is 27.3 Å². The van der Waals surface area contributed by atoms with Crippen LogP contribution in [0.5, 0.6) is 0 Å². The summed E-state index contributed by atoms with van der Waals surface area (Å²) in [5.74, 6) is 0.683. The number of halogens is 2. The largest absolute Gasteiger partial charge is 0.392 e. The molecule has 1 heterocycles. The van der Waals surface area contributed by atoms with Crippen LogP contribution in [0.15, 0.2) is 42.5 Å². The molecule has 23 heavy (non-hydrogen) atoms. The lowest BCUT2D eigenvalue weighted by atomic mass is 10.2. The fraction of sp³-hybridized carbons (Fsp3) is 0.235. The maximum atomic E-state index is 9.52. The summed E-state index contributed by atoms with van der Waals surface area (Å²) in [4.78, 5) is 4.59. The molecule has 0 spiro atoms. The van der Waals surface area contributed by atoms with Crippen molar-refractivity contribution in [2.75, 3.05) is 11.9 Å². The summed E-state index contributed by atoms with van der Waals surface area (Å²) in [6.45, 7) is 2.64. The van der Waals surface area contributed by atoms with Gasteiger partial charge in [-0.15, -0.1) is 0 Å². The van der Waals surface area contributed by atoms with Gasteiger partial charge in [0.15, 0.2) is 0 Å². The van der Waals surface area contributed by atoms with Gasteiger partial charge in [-0.05, 0) is 31.2 Å². The van der Waals surface area contributed by atoms with E-state index in [0.717, 1.165) is 16.6 Å². The SMILES string of the molecule is C[C@H](O)CNc1nc2ccccc2n1Cc1c(Cl)cccc1Cl. The Morgan fingerprint density at radius 2 is 1.83 bits per heavy atom. The monoisotopic (exact) mass is 349 g/mol. The lowest BCUT2D eigenvalue weighted by Gasteiger charge is -2.14. The Bertz CT molecular complexity index is 810. The molecule has 0 unspecified atom stereocenters. The van der Waals surface area contributed by atoms with Crippen molar-refractivity contribution in [3.8, 4) is 0 Å². The van der Waals surface area contributed by atoms with Crippen molar-refractivity contribution in [2.45, 2.75) is 19.6 Å². The first-order chi connectivity index (χ1) is 11.1. The van der Waals surface area contributed by atoms with Crippen molar-refractivity contribution >= 4 is 40.2 Å². The van der Waals surface area contributed by atoms with Gasteiger partial charge >= 0.3 is 0 Å². The lowest BCUT2D eigenvalue weighted by Crippen LogP contribution is -2.18. The smallest absolute Gasteiger partial charge is 0.204 e. The zero-order valence-electron chi connectivity index (χ0n) is 12.6. The van der Waals surface area contributed by atoms with Crippen molar-refractivity contribution in [3.63, 3.8) is 0 Å². The van der Waals surface area contributed by atoms with E-state index in [1.807, 2.05) is 47.0 Å². The average Bonchev–Trinajstić information content (AvgIpc) is 2.87. The number of benzene rings is 2. The number of para-hydroxylation sites is 2. The molecule has 0 aliphatic carbocycles. The highest BCUT2D eigenvalue weighted by atomic mass is 35.5. The second-order valence-corrected chi connectivity index (χ2v) is 6.25. The zero-order valence-corrected chi connectivity index (χ0v) is 14.1. The molecule has 0 saturated carbocycles. The van der Waals surface area contributed by atoms with Crippen molar-refractivity contribution in [3.05, 3.63) is 58.1 Å². The Morgan fingerprint density at radius 3 is 2.52 bits per heavy atom. The van der Waals surface area contributed by atoms with Crippen LogP contribution in [0.1, 0.15) is 12.5 Å². The molecule has 1 aromatic heterocycles. The Balaban J connectivity index is 2.05. The quantitative estimate of drug-likeness (QED) is 0.726. The highest BCUT2D eigenvalue weighted by molar-refractivity contribution is 6.36. The molecular formula is C17H17Cl2N3O. The number of rotatable bonds is 5. The maximum absolute atomic E-state index is 9.52. The molecule has 6 heteroatoms. The number of aromatic nitrogens is 2. The number of nitrogens with one attached hydrogen (secondary N) is 1. The van der Waals surface area contributed by atoms with Crippen LogP contribution >= 0.6 is 23.2 Å². The predicted molar refractivity (Wildman–Crippen MR) is 95.5 cm³/mol. The summed E-state index contributed by atoms with van der Waals surface area (Å²) in [6.07, 6.45) is -0.466. The van der Waals surface area contributed by atoms with Gasteiger partial charge in [0, 0.05) is 22.2 Å². The number of fused-ring (bicyclic) bond motifs is 1. The second kappa shape index (κ2) is 6.79. The number of hydrogen-bond acceptors (Lipinski definition) is 3. The number of hydrogen-bond donors (Lipinski definition) is 2. The minimum Gasteiger partial charge on any atom is -0.392 e. The van der Waals surface area contributed by atoms with Crippen LogP contribution in [0.2, 0.25) is 10.0 Å². The Labute approximate surface area is 144 Å². The first-order valence-electron chi connectivity index (χ1n) is 7.36. The Kier molecular flexibility index (Phi) is 4.76. The number of imidazole rings is 1. The fourth-order valence-corrected chi connectivity index (χ4v) is 2.97. The summed E-state index contributed by atoms with van der Waals surface area (Å²) in [5, 5.41) is 13.9. The molecule has 0 radical (unpaired) electrons. The van der Waals surface area contributed by atoms with Crippen molar-refractivity contribution in [1.29, 1.82) is 0 Å². The first kappa shape index (κ1) is 16.1. The van der Waals surface area contributed by atoms with Gasteiger partial charge in [-0.3, -0.25) is 0 Å². The molecule has 3 aromatic rings. The third-order valence-corrected chi connectivity index (χ3v) is 4.30. The van der Waals surface area contributed by atoms with Crippen LogP contribution < -0.4 is 5.32 Å². The molecule has 120 valence electrons. The van der Waals surface area contributed by atoms with E-state index in [1.54, 1.807) is 6.92 Å². The average molecular weight is 350 g/mol. The molecule has 0 amide bonds. The lowest BCUT2D eigenvalue weighted by molar-refractivity contribution is 0.208. The zero-order chi connectivity index (χ0) is 16.4. The number of nitrogens with zero attached hydrogens (tertiary/aromatic N) is 2. The Hall–Kier alpha value is -1.75. The van der Waals surface area contributed by atoms with Gasteiger partial charge in [-0.2, -0.15) is 0 Å². The highest BCUT2D eigenvalue weighted by Crippen LogP contribution is 2.28. The van der Waals surface area contributed by atoms with E-state index in [9.17, 15) is 5.11 Å². The van der Waals surface area contributed by atoms with Gasteiger partial charge in [0.05, 0.1) is 23.7 Å². The predicted octanol–water partition coefficient (Wildman–Crippen LogP) is 4.18. The van der Waals surface area contributed by atoms with E-state index in [2.05, 4.69) is 10.3 Å². The minimum absolute atomic E-state index is 0.416. The van der Waals surface area contributed by atoms with Crippen molar-refractivity contribution < 1.29 is 5.11 Å². The minimum atomic E-state index is -0.466. The standard InChI is InChI=1S/C17H17Cl2N3O/c1-11(23)9-20-17-21-15-7-2-3-8-16(15)22(17)10-12-13(18)5-4-6-14(12)19/h2-8,11,23H,9-10H2,1H3,(H,20,21)/t11-/m0/s1. The van der Waals surface area contributed by atoms with E-state index in [1.165, 1.54) is 0 Å². The van der Waals surface area contributed by atoms with Gasteiger partial charge in [-0.1, -0.05) is 41.4 Å². The molecule has 0 aliphatic heterocycles. The van der Waals surface area contributed by atoms with E-state index in [-0.39, 0.29) is 0 Å². The van der Waals surface area contributed by atoms with E-state index in [0.29, 0.717) is 29.1 Å². The van der Waals surface area contributed by atoms with E-state index in [4.69, 9.17) is 23.2 Å². The topological polar surface area (TPSA) is 50.1 Å². The van der Waals surface area contributed by atoms with Crippen LogP contribution in [-0.2, 0) is 6.54 Å². The van der Waals surface area contributed by atoms with Crippen LogP contribution in [0.4, 0.5) is 5.95 Å². The van der Waals surface area contributed by atoms with Gasteiger partial charge < -0.3 is 15.0 Å². The second-order valence-electron chi connectivity index (χ2n) is 5.44. The number of aliphatic hydroxyl groups is 1. The van der Waals surface area contributed by atoms with Crippen LogP contribution in [0, 0.1) is 0 Å². The van der Waals surface area contributed by atoms with Gasteiger partial charge in [0.2, 0.25) is 5.95 Å². The molecule has 0 fully saturated rings. The summed E-state index contributed by atoms with van der Waals surface area (Å²) in [6, 6.07) is 13.3. The van der Waals surface area contributed by atoms with Crippen molar-refractivity contribution in [2.24, 2.45) is 0 Å². The fourth-order valence-electron chi connectivity index (χ4n) is 2.45. The number of anilines is 1. The van der Waals surface area contributed by atoms with Crippen LogP contribution in [0.3, 0.4) is 0 Å². The molecule has 0 saturated heterocycles. The Morgan fingerprint density at radius 1 is 1.13 bits per heavy atom. The third kappa shape index (κ3) is 3.44. The summed E-state index contributed by atoms with van der Waals surface area (Å²) in [7, 11) is 0. The molecule has 2 N–H and O–H groups in total. The van der Waals surface area contributed by atoms with Gasteiger partial charge in [0.1, 0.15) is 0 Å². The molecular weight excluding hydrogens is 333 g/mol. The van der Waals surface area contributed by atoms with Crippen molar-refractivity contribution in [1.82, 2.24) is 9.55 Å². The van der Waals surface area contributed by atoms with E-state index >= 15 is 0 Å². The first-order valence-corrected chi connectivity index (χ1v) is 8.12. The summed E-state index contributed by atoms with van der Waals surface area (Å²) in [5.41, 5.74) is 2.71. The summed E-state index contributed by atoms with van der Waals surface area (Å²) < 4.78 is 2.02. The third-order valence-electron chi connectivity index (χ3n) is 3.59. The molecule has 1 atom stereocenters. The maximum Gasteiger partial charge on any atom is 0.204 e. The van der Waals surface area contributed by atoms with Gasteiger partial charge in [0.25, 0.3) is 0 Å². The number of aliphatic hydroxyl groups excluding tert-OH is 1. The van der Waals surface area contributed by atoms with Gasteiger partial charge in [-0.25, -0.2) is 4.98 Å². The van der Waals surface area contributed by atoms with Crippen LogP contribution in [0.25, 0.3) is 11.0 Å². The molecule has 3 rings (SSSR count). The molecule has 4 nitrogen and oxygen atoms in total.